The van der Waals surface area contributed by atoms with Crippen LogP contribution in [0.15, 0.2) is 58.0 Å². The Labute approximate surface area is 191 Å². The maximum atomic E-state index is 13.0. The minimum Gasteiger partial charge on any atom is -0.497 e. The second kappa shape index (κ2) is 9.60. The van der Waals surface area contributed by atoms with Crippen molar-refractivity contribution in [3.8, 4) is 11.5 Å². The summed E-state index contributed by atoms with van der Waals surface area (Å²) in [7, 11) is 3.08. The minimum absolute atomic E-state index is 0.210. The lowest BCUT2D eigenvalue weighted by Gasteiger charge is -2.13. The van der Waals surface area contributed by atoms with Gasteiger partial charge in [0, 0.05) is 29.2 Å². The molecule has 3 aromatic rings. The lowest BCUT2D eigenvalue weighted by molar-refractivity contribution is 0.0953. The van der Waals surface area contributed by atoms with Crippen molar-refractivity contribution in [3.63, 3.8) is 0 Å². The van der Waals surface area contributed by atoms with Crippen LogP contribution in [0.2, 0.25) is 0 Å². The van der Waals surface area contributed by atoms with Crippen LogP contribution in [-0.2, 0) is 6.42 Å². The molecule has 170 valence electrons. The Bertz CT molecular complexity index is 1210. The monoisotopic (exact) mass is 447 g/mol. The zero-order chi connectivity index (χ0) is 23.4. The molecule has 0 saturated carbocycles. The first kappa shape index (κ1) is 22.1. The van der Waals surface area contributed by atoms with E-state index in [1.165, 1.54) is 7.11 Å². The van der Waals surface area contributed by atoms with Gasteiger partial charge in [0.2, 0.25) is 0 Å². The molecule has 1 aliphatic rings. The Morgan fingerprint density at radius 3 is 2.52 bits per heavy atom. The van der Waals surface area contributed by atoms with Crippen molar-refractivity contribution in [2.45, 2.75) is 26.2 Å². The highest BCUT2D eigenvalue weighted by Crippen LogP contribution is 2.32. The van der Waals surface area contributed by atoms with Gasteiger partial charge in [-0.15, -0.1) is 0 Å². The van der Waals surface area contributed by atoms with Crippen LogP contribution in [0.3, 0.4) is 0 Å². The number of carbonyl (C=O) groups excluding carboxylic acids is 2. The van der Waals surface area contributed by atoms with Crippen molar-refractivity contribution in [2.24, 2.45) is 5.10 Å². The number of hydrazone groups is 1. The Balaban J connectivity index is 1.57. The summed E-state index contributed by atoms with van der Waals surface area (Å²) < 4.78 is 16.5. The van der Waals surface area contributed by atoms with E-state index >= 15 is 0 Å². The van der Waals surface area contributed by atoms with Crippen LogP contribution in [0.25, 0.3) is 0 Å². The highest BCUT2D eigenvalue weighted by Gasteiger charge is 2.28. The van der Waals surface area contributed by atoms with E-state index in [4.69, 9.17) is 13.9 Å². The lowest BCUT2D eigenvalue weighted by atomic mass is 9.93. The summed E-state index contributed by atoms with van der Waals surface area (Å²) in [6.07, 6.45) is 2.18. The number of ether oxygens (including phenoxy) is 2. The van der Waals surface area contributed by atoms with E-state index in [0.29, 0.717) is 52.6 Å². The van der Waals surface area contributed by atoms with Gasteiger partial charge < -0.3 is 19.2 Å². The van der Waals surface area contributed by atoms with E-state index in [-0.39, 0.29) is 11.7 Å². The highest BCUT2D eigenvalue weighted by molar-refractivity contribution is 6.10. The third-order valence-electron chi connectivity index (χ3n) is 5.52. The minimum atomic E-state index is -0.391. The topological polar surface area (TPSA) is 102 Å². The van der Waals surface area contributed by atoms with E-state index in [2.05, 4.69) is 15.8 Å². The number of hydrogen-bond acceptors (Lipinski definition) is 6. The first-order chi connectivity index (χ1) is 16.0. The molecule has 0 saturated heterocycles. The summed E-state index contributed by atoms with van der Waals surface area (Å²) in [5, 5.41) is 7.20. The standard InChI is InChI=1S/C25H25N3O5/c1-15-22-19(27-28-24(29)16-8-5-4-6-9-16)10-7-11-20(22)33-23(15)25(30)26-18-13-12-17(31-2)14-21(18)32-3/h4-6,8-9,12-14H,7,10-11H2,1-3H3,(H,26,30)(H,28,29)/b27-19+. The number of benzene rings is 2. The molecule has 1 aromatic heterocycles. The molecular weight excluding hydrogens is 422 g/mol. The lowest BCUT2D eigenvalue weighted by Crippen LogP contribution is -2.22. The van der Waals surface area contributed by atoms with Crippen molar-refractivity contribution in [3.05, 3.63) is 76.7 Å². The number of nitrogens with zero attached hydrogens (tertiary/aromatic N) is 1. The van der Waals surface area contributed by atoms with E-state index < -0.39 is 5.91 Å². The summed E-state index contributed by atoms with van der Waals surface area (Å²) in [5.41, 5.74) is 5.80. The molecule has 2 aromatic carbocycles. The van der Waals surface area contributed by atoms with Crippen LogP contribution in [0.4, 0.5) is 5.69 Å². The molecule has 0 aliphatic heterocycles. The molecule has 1 aliphatic carbocycles. The first-order valence-corrected chi connectivity index (χ1v) is 10.6. The molecule has 0 spiro atoms. The molecule has 0 atom stereocenters. The van der Waals surface area contributed by atoms with Gasteiger partial charge in [-0.25, -0.2) is 5.43 Å². The zero-order valence-corrected chi connectivity index (χ0v) is 18.7. The number of methoxy groups -OCH3 is 2. The van der Waals surface area contributed by atoms with E-state index in [9.17, 15) is 9.59 Å². The smallest absolute Gasteiger partial charge is 0.291 e. The summed E-state index contributed by atoms with van der Waals surface area (Å²) in [6, 6.07) is 14.0. The van der Waals surface area contributed by atoms with Crippen molar-refractivity contribution in [1.29, 1.82) is 0 Å². The average Bonchev–Trinajstić information content (AvgIpc) is 3.20. The number of furan rings is 1. The fraction of sp³-hybridized carbons (Fsp3) is 0.240. The van der Waals surface area contributed by atoms with Gasteiger partial charge in [-0.1, -0.05) is 18.2 Å². The quantitative estimate of drug-likeness (QED) is 0.548. The second-order valence-electron chi connectivity index (χ2n) is 7.59. The Morgan fingerprint density at radius 1 is 1.00 bits per heavy atom. The molecule has 33 heavy (non-hydrogen) atoms. The Hall–Kier alpha value is -4.07. The van der Waals surface area contributed by atoms with E-state index in [1.807, 2.05) is 13.0 Å². The molecule has 2 amide bonds. The third kappa shape index (κ3) is 4.59. The van der Waals surface area contributed by atoms with Gasteiger partial charge in [0.05, 0.1) is 25.6 Å². The Kier molecular flexibility index (Phi) is 6.44. The average molecular weight is 447 g/mol. The Morgan fingerprint density at radius 2 is 1.79 bits per heavy atom. The van der Waals surface area contributed by atoms with Gasteiger partial charge in [-0.3, -0.25) is 9.59 Å². The zero-order valence-electron chi connectivity index (χ0n) is 18.7. The third-order valence-corrected chi connectivity index (χ3v) is 5.52. The summed E-state index contributed by atoms with van der Waals surface area (Å²) >= 11 is 0. The summed E-state index contributed by atoms with van der Waals surface area (Å²) in [4.78, 5) is 25.4. The number of anilines is 1. The first-order valence-electron chi connectivity index (χ1n) is 10.6. The van der Waals surface area contributed by atoms with E-state index in [1.54, 1.807) is 49.6 Å². The summed E-state index contributed by atoms with van der Waals surface area (Å²) in [5.74, 6) is 1.31. The number of hydrogen-bond donors (Lipinski definition) is 2. The largest absolute Gasteiger partial charge is 0.497 e. The van der Waals surface area contributed by atoms with Gasteiger partial charge >= 0.3 is 0 Å². The van der Waals surface area contributed by atoms with Gasteiger partial charge in [-0.2, -0.15) is 5.10 Å². The van der Waals surface area contributed by atoms with Crippen LogP contribution in [0.1, 0.15) is 50.6 Å². The summed E-state index contributed by atoms with van der Waals surface area (Å²) in [6.45, 7) is 1.82. The molecule has 1 heterocycles. The van der Waals surface area contributed by atoms with Gasteiger partial charge in [-0.05, 0) is 44.0 Å². The van der Waals surface area contributed by atoms with Crippen LogP contribution in [0, 0.1) is 6.92 Å². The van der Waals surface area contributed by atoms with Gasteiger partial charge in [0.1, 0.15) is 17.3 Å². The maximum Gasteiger partial charge on any atom is 0.291 e. The maximum absolute atomic E-state index is 13.0. The van der Waals surface area contributed by atoms with Gasteiger partial charge in [0.25, 0.3) is 11.8 Å². The highest BCUT2D eigenvalue weighted by atomic mass is 16.5. The number of rotatable bonds is 6. The van der Waals surface area contributed by atoms with Crippen molar-refractivity contribution < 1.29 is 23.5 Å². The fourth-order valence-corrected chi connectivity index (χ4v) is 3.85. The van der Waals surface area contributed by atoms with Crippen molar-refractivity contribution in [2.75, 3.05) is 19.5 Å². The molecule has 4 rings (SSSR count). The fourth-order valence-electron chi connectivity index (χ4n) is 3.85. The number of aryl methyl sites for hydroxylation is 1. The molecule has 0 fully saturated rings. The number of carbonyl (C=O) groups is 2. The SMILES string of the molecule is COc1ccc(NC(=O)c2oc3c(c2C)/C(=N/NC(=O)c2ccccc2)CCC3)c(OC)c1. The second-order valence-corrected chi connectivity index (χ2v) is 7.59. The molecule has 8 nitrogen and oxygen atoms in total. The van der Waals surface area contributed by atoms with Crippen molar-refractivity contribution in [1.82, 2.24) is 5.43 Å². The number of fused-ring (bicyclic) bond motifs is 1. The van der Waals surface area contributed by atoms with E-state index in [0.717, 1.165) is 12.0 Å². The number of nitrogens with one attached hydrogen (secondary N) is 2. The molecule has 0 bridgehead atoms. The van der Waals surface area contributed by atoms with Crippen LogP contribution < -0.4 is 20.2 Å². The van der Waals surface area contributed by atoms with Crippen LogP contribution in [0.5, 0.6) is 11.5 Å². The molecule has 8 heteroatoms. The normalized spacial score (nSPS) is 13.8. The van der Waals surface area contributed by atoms with Crippen molar-refractivity contribution >= 4 is 23.2 Å². The molecular formula is C25H25N3O5. The van der Waals surface area contributed by atoms with Crippen LogP contribution in [-0.4, -0.2) is 31.7 Å². The molecule has 0 unspecified atom stereocenters. The number of amides is 2. The predicted molar refractivity (Wildman–Crippen MR) is 124 cm³/mol. The van der Waals surface area contributed by atoms with Gasteiger partial charge in [0.15, 0.2) is 5.76 Å². The predicted octanol–water partition coefficient (Wildman–Crippen LogP) is 4.33. The van der Waals surface area contributed by atoms with Crippen LogP contribution >= 0.6 is 0 Å². The molecule has 2 N–H and O–H groups in total. The molecule has 0 radical (unpaired) electrons.